The molecule has 2 nitrogen and oxygen atoms in total. The Morgan fingerprint density at radius 2 is 2.13 bits per heavy atom. The first-order chi connectivity index (χ1) is 7.28. The second-order valence-corrected chi connectivity index (χ2v) is 5.07. The van der Waals surface area contributed by atoms with E-state index in [1.807, 2.05) is 16.8 Å². The van der Waals surface area contributed by atoms with Crippen LogP contribution in [0.15, 0.2) is 16.8 Å². The molecule has 0 radical (unpaired) electrons. The van der Waals surface area contributed by atoms with Gasteiger partial charge in [-0.25, -0.2) is 0 Å². The lowest BCUT2D eigenvalue weighted by atomic mass is 9.70. The highest BCUT2D eigenvalue weighted by Gasteiger charge is 2.40. The third-order valence-corrected chi connectivity index (χ3v) is 4.05. The van der Waals surface area contributed by atoms with Crippen molar-refractivity contribution in [2.45, 2.75) is 38.2 Å². The first kappa shape index (κ1) is 10.7. The highest BCUT2D eigenvalue weighted by Crippen LogP contribution is 2.45. The molecule has 3 heteroatoms. The Hall–Kier alpha value is -0.850. The molecule has 1 aromatic heterocycles. The van der Waals surface area contributed by atoms with E-state index in [2.05, 4.69) is 6.07 Å². The van der Waals surface area contributed by atoms with Gasteiger partial charge in [0.25, 0.3) is 0 Å². The van der Waals surface area contributed by atoms with E-state index in [9.17, 15) is 10.4 Å². The van der Waals surface area contributed by atoms with Gasteiger partial charge in [-0.1, -0.05) is 19.3 Å². The Kier molecular flexibility index (Phi) is 3.08. The fourth-order valence-electron chi connectivity index (χ4n) is 2.38. The van der Waals surface area contributed by atoms with Crippen molar-refractivity contribution in [3.63, 3.8) is 0 Å². The number of rotatable bonds is 2. The molecule has 1 unspecified atom stereocenters. The van der Waals surface area contributed by atoms with E-state index < -0.39 is 11.5 Å². The van der Waals surface area contributed by atoms with Gasteiger partial charge in [-0.2, -0.15) is 16.6 Å². The summed E-state index contributed by atoms with van der Waals surface area (Å²) in [6.07, 6.45) is 4.39. The average molecular weight is 221 g/mol. The number of hydrogen-bond donors (Lipinski definition) is 1. The van der Waals surface area contributed by atoms with Crippen molar-refractivity contribution >= 4 is 11.3 Å². The van der Waals surface area contributed by atoms with E-state index in [0.717, 1.165) is 31.2 Å². The lowest BCUT2D eigenvalue weighted by Crippen LogP contribution is -2.29. The number of thiophene rings is 1. The van der Waals surface area contributed by atoms with Gasteiger partial charge in [0.2, 0.25) is 0 Å². The van der Waals surface area contributed by atoms with Gasteiger partial charge >= 0.3 is 0 Å². The zero-order chi connectivity index (χ0) is 10.7. The molecule has 1 saturated carbocycles. The van der Waals surface area contributed by atoms with E-state index in [-0.39, 0.29) is 0 Å². The molecule has 0 aliphatic heterocycles. The first-order valence-corrected chi connectivity index (χ1v) is 6.34. The quantitative estimate of drug-likeness (QED) is 0.833. The molecule has 1 fully saturated rings. The minimum Gasteiger partial charge on any atom is -0.387 e. The third kappa shape index (κ3) is 1.92. The molecular formula is C12H15NOS. The van der Waals surface area contributed by atoms with E-state index in [4.69, 9.17) is 0 Å². The van der Waals surface area contributed by atoms with Crippen molar-refractivity contribution in [2.75, 3.05) is 0 Å². The molecule has 15 heavy (non-hydrogen) atoms. The molecule has 1 aliphatic carbocycles. The lowest BCUT2D eigenvalue weighted by Gasteiger charge is -2.34. The summed E-state index contributed by atoms with van der Waals surface area (Å²) in [4.78, 5) is 0. The predicted octanol–water partition coefficient (Wildman–Crippen LogP) is 3.26. The van der Waals surface area contributed by atoms with Gasteiger partial charge in [0.15, 0.2) is 0 Å². The van der Waals surface area contributed by atoms with Crippen molar-refractivity contribution in [3.05, 3.63) is 22.4 Å². The summed E-state index contributed by atoms with van der Waals surface area (Å²) >= 11 is 1.57. The molecule has 0 amide bonds. The normalized spacial score (nSPS) is 21.9. The van der Waals surface area contributed by atoms with Crippen LogP contribution in [0.2, 0.25) is 0 Å². The molecule has 0 saturated heterocycles. The highest BCUT2D eigenvalue weighted by molar-refractivity contribution is 7.07. The number of hydrogen-bond acceptors (Lipinski definition) is 3. The summed E-state index contributed by atoms with van der Waals surface area (Å²) in [6, 6.07) is 4.28. The fraction of sp³-hybridized carbons (Fsp3) is 0.583. The monoisotopic (exact) mass is 221 g/mol. The van der Waals surface area contributed by atoms with Gasteiger partial charge in [-0.3, -0.25) is 0 Å². The number of aliphatic hydroxyl groups excluding tert-OH is 1. The highest BCUT2D eigenvalue weighted by atomic mass is 32.1. The molecular weight excluding hydrogens is 206 g/mol. The molecule has 0 spiro atoms. The largest absolute Gasteiger partial charge is 0.387 e. The average Bonchev–Trinajstić information content (AvgIpc) is 2.82. The predicted molar refractivity (Wildman–Crippen MR) is 60.4 cm³/mol. The lowest BCUT2D eigenvalue weighted by molar-refractivity contribution is 0.0363. The molecule has 1 aliphatic rings. The SMILES string of the molecule is N#CC1(C(O)c2ccsc2)CCCCC1. The maximum atomic E-state index is 10.3. The smallest absolute Gasteiger partial charge is 0.0984 e. The molecule has 1 aromatic rings. The number of aliphatic hydroxyl groups is 1. The Labute approximate surface area is 94.2 Å². The Bertz CT molecular complexity index is 346. The zero-order valence-electron chi connectivity index (χ0n) is 8.65. The van der Waals surface area contributed by atoms with E-state index >= 15 is 0 Å². The van der Waals surface area contributed by atoms with Gasteiger partial charge in [-0.15, -0.1) is 0 Å². The Morgan fingerprint density at radius 1 is 1.40 bits per heavy atom. The van der Waals surface area contributed by atoms with Crippen molar-refractivity contribution < 1.29 is 5.11 Å². The minimum absolute atomic E-state index is 0.528. The summed E-state index contributed by atoms with van der Waals surface area (Å²) in [5.74, 6) is 0. The van der Waals surface area contributed by atoms with Crippen LogP contribution in [0.3, 0.4) is 0 Å². The summed E-state index contributed by atoms with van der Waals surface area (Å²) in [5.41, 5.74) is 0.378. The van der Waals surface area contributed by atoms with E-state index in [1.165, 1.54) is 6.42 Å². The van der Waals surface area contributed by atoms with Gasteiger partial charge in [0.05, 0.1) is 17.6 Å². The summed E-state index contributed by atoms with van der Waals surface area (Å²) in [5, 5.41) is 23.5. The summed E-state index contributed by atoms with van der Waals surface area (Å²) in [7, 11) is 0. The van der Waals surface area contributed by atoms with Crippen LogP contribution in [0.5, 0.6) is 0 Å². The van der Waals surface area contributed by atoms with Crippen molar-refractivity contribution in [2.24, 2.45) is 5.41 Å². The summed E-state index contributed by atoms with van der Waals surface area (Å²) in [6.45, 7) is 0. The first-order valence-electron chi connectivity index (χ1n) is 5.40. The van der Waals surface area contributed by atoms with Crippen LogP contribution in [0, 0.1) is 16.7 Å². The van der Waals surface area contributed by atoms with E-state index in [1.54, 1.807) is 11.3 Å². The van der Waals surface area contributed by atoms with E-state index in [0.29, 0.717) is 0 Å². The zero-order valence-corrected chi connectivity index (χ0v) is 9.46. The molecule has 1 heterocycles. The fourth-order valence-corrected chi connectivity index (χ4v) is 3.06. The van der Waals surface area contributed by atoms with Crippen LogP contribution in [-0.4, -0.2) is 5.11 Å². The molecule has 80 valence electrons. The van der Waals surface area contributed by atoms with Crippen molar-refractivity contribution in [3.8, 4) is 6.07 Å². The van der Waals surface area contributed by atoms with Gasteiger partial charge < -0.3 is 5.11 Å². The van der Waals surface area contributed by atoms with Crippen LogP contribution in [-0.2, 0) is 0 Å². The van der Waals surface area contributed by atoms with Crippen LogP contribution in [0.1, 0.15) is 43.8 Å². The maximum Gasteiger partial charge on any atom is 0.0984 e. The van der Waals surface area contributed by atoms with Crippen LogP contribution in [0.25, 0.3) is 0 Å². The van der Waals surface area contributed by atoms with Gasteiger partial charge in [0, 0.05) is 0 Å². The number of nitrogens with zero attached hydrogens (tertiary/aromatic N) is 1. The van der Waals surface area contributed by atoms with Gasteiger partial charge in [-0.05, 0) is 35.2 Å². The molecule has 0 bridgehead atoms. The molecule has 2 rings (SSSR count). The Morgan fingerprint density at radius 3 is 2.67 bits per heavy atom. The van der Waals surface area contributed by atoms with Crippen molar-refractivity contribution in [1.29, 1.82) is 5.26 Å². The standard InChI is InChI=1S/C12H15NOS/c13-9-12(5-2-1-3-6-12)11(14)10-4-7-15-8-10/h4,7-8,11,14H,1-3,5-6H2. The van der Waals surface area contributed by atoms with Crippen LogP contribution < -0.4 is 0 Å². The van der Waals surface area contributed by atoms with Crippen molar-refractivity contribution in [1.82, 2.24) is 0 Å². The minimum atomic E-state index is -0.603. The maximum absolute atomic E-state index is 10.3. The molecule has 1 N–H and O–H groups in total. The van der Waals surface area contributed by atoms with Crippen LogP contribution >= 0.6 is 11.3 Å². The second kappa shape index (κ2) is 4.34. The second-order valence-electron chi connectivity index (χ2n) is 4.29. The Balaban J connectivity index is 2.23. The van der Waals surface area contributed by atoms with Crippen LogP contribution in [0.4, 0.5) is 0 Å². The summed E-state index contributed by atoms with van der Waals surface area (Å²) < 4.78 is 0. The number of nitriles is 1. The third-order valence-electron chi connectivity index (χ3n) is 3.35. The topological polar surface area (TPSA) is 44.0 Å². The molecule has 1 atom stereocenters. The molecule has 0 aromatic carbocycles. The van der Waals surface area contributed by atoms with Gasteiger partial charge in [0.1, 0.15) is 0 Å².